The van der Waals surface area contributed by atoms with E-state index in [-0.39, 0.29) is 41.6 Å². The summed E-state index contributed by atoms with van der Waals surface area (Å²) in [5.74, 6) is -0.0716. The van der Waals surface area contributed by atoms with E-state index in [1.54, 1.807) is 41.5 Å². The van der Waals surface area contributed by atoms with Crippen molar-refractivity contribution in [2.75, 3.05) is 44.2 Å². The lowest BCUT2D eigenvalue weighted by Gasteiger charge is -2.39. The van der Waals surface area contributed by atoms with Gasteiger partial charge in [0.05, 0.1) is 5.69 Å². The fraction of sp³-hybridized carbons (Fsp3) is 0.577. The highest BCUT2D eigenvalue weighted by Gasteiger charge is 2.38. The first kappa shape index (κ1) is 28.4. The number of aromatic nitrogens is 3. The van der Waals surface area contributed by atoms with Crippen LogP contribution >= 0.6 is 0 Å². The quantitative estimate of drug-likeness (QED) is 0.552. The van der Waals surface area contributed by atoms with E-state index >= 15 is 0 Å². The SMILES string of the molecule is Cc1c(-c2ccc(OCC(=O)N3CCN(C(=O)OC(C)(C)C)CC3)nc2)nc(N2CC[C@@H]2C)nc1C(F)(F)F. The highest BCUT2D eigenvalue weighted by molar-refractivity contribution is 5.78. The van der Waals surface area contributed by atoms with Crippen LogP contribution in [-0.2, 0) is 15.7 Å². The third-order valence-corrected chi connectivity index (χ3v) is 6.62. The Labute approximate surface area is 225 Å². The number of nitrogens with zero attached hydrogens (tertiary/aromatic N) is 6. The Morgan fingerprint density at radius 2 is 1.69 bits per heavy atom. The predicted octanol–water partition coefficient (Wildman–Crippen LogP) is 3.92. The van der Waals surface area contributed by atoms with Crippen molar-refractivity contribution in [1.29, 1.82) is 0 Å². The van der Waals surface area contributed by atoms with Crippen LogP contribution in [0.15, 0.2) is 18.3 Å². The standard InChI is InChI=1S/C26H33F3N6O4/c1-16-8-9-35(16)23-31-21(17(2)22(32-23)26(27,28)29)18-6-7-19(30-14-18)38-15-20(36)33-10-12-34(13-11-33)24(37)39-25(3,4)5/h6-7,14,16H,8-13,15H2,1-5H3/t16-/m0/s1. The Bertz CT molecular complexity index is 1210. The van der Waals surface area contributed by atoms with Crippen LogP contribution in [0.1, 0.15) is 45.4 Å². The fourth-order valence-electron chi connectivity index (χ4n) is 4.30. The van der Waals surface area contributed by atoms with Gasteiger partial charge in [-0.25, -0.2) is 19.7 Å². The number of carbonyl (C=O) groups is 2. The fourth-order valence-corrected chi connectivity index (χ4v) is 4.30. The zero-order valence-electron chi connectivity index (χ0n) is 22.7. The maximum Gasteiger partial charge on any atom is 0.433 e. The smallest absolute Gasteiger partial charge is 0.433 e. The number of amides is 2. The van der Waals surface area contributed by atoms with Gasteiger partial charge in [0.25, 0.3) is 5.91 Å². The highest BCUT2D eigenvalue weighted by atomic mass is 19.4. The monoisotopic (exact) mass is 550 g/mol. The van der Waals surface area contributed by atoms with Crippen LogP contribution in [0.2, 0.25) is 0 Å². The molecule has 2 aliphatic rings. The molecule has 4 heterocycles. The van der Waals surface area contributed by atoms with Gasteiger partial charge in [-0.05, 0) is 47.1 Å². The number of ether oxygens (including phenoxy) is 2. The molecule has 0 spiro atoms. The average molecular weight is 551 g/mol. The van der Waals surface area contributed by atoms with E-state index in [4.69, 9.17) is 9.47 Å². The van der Waals surface area contributed by atoms with E-state index in [1.165, 1.54) is 19.2 Å². The molecule has 10 nitrogen and oxygen atoms in total. The van der Waals surface area contributed by atoms with Crippen molar-refractivity contribution in [3.63, 3.8) is 0 Å². The molecule has 0 saturated carbocycles. The van der Waals surface area contributed by atoms with Crippen molar-refractivity contribution < 1.29 is 32.2 Å². The largest absolute Gasteiger partial charge is 0.468 e. The van der Waals surface area contributed by atoms with Gasteiger partial charge in [0.1, 0.15) is 5.60 Å². The maximum atomic E-state index is 13.7. The van der Waals surface area contributed by atoms with E-state index in [0.29, 0.717) is 38.3 Å². The first-order valence-corrected chi connectivity index (χ1v) is 12.8. The van der Waals surface area contributed by atoms with Gasteiger partial charge >= 0.3 is 12.3 Å². The summed E-state index contributed by atoms with van der Waals surface area (Å²) in [5, 5.41) is 0. The van der Waals surface area contributed by atoms with Gasteiger partial charge < -0.3 is 24.2 Å². The van der Waals surface area contributed by atoms with E-state index in [1.807, 2.05) is 6.92 Å². The molecule has 0 aliphatic carbocycles. The van der Waals surface area contributed by atoms with Crippen LogP contribution in [0.3, 0.4) is 0 Å². The second kappa shape index (κ2) is 10.9. The van der Waals surface area contributed by atoms with Crippen LogP contribution < -0.4 is 9.64 Å². The van der Waals surface area contributed by atoms with Crippen LogP contribution in [0.5, 0.6) is 5.88 Å². The van der Waals surface area contributed by atoms with Gasteiger partial charge in [-0.2, -0.15) is 13.2 Å². The lowest BCUT2D eigenvalue weighted by molar-refractivity contribution is -0.141. The summed E-state index contributed by atoms with van der Waals surface area (Å²) in [4.78, 5) is 42.1. The van der Waals surface area contributed by atoms with Gasteiger partial charge in [0.15, 0.2) is 12.3 Å². The number of pyridine rings is 1. The minimum Gasteiger partial charge on any atom is -0.468 e. The molecule has 0 aromatic carbocycles. The third-order valence-electron chi connectivity index (χ3n) is 6.62. The molecule has 2 amide bonds. The Morgan fingerprint density at radius 3 is 2.21 bits per heavy atom. The number of anilines is 1. The van der Waals surface area contributed by atoms with Gasteiger partial charge in [0.2, 0.25) is 11.8 Å². The zero-order valence-corrected chi connectivity index (χ0v) is 22.7. The number of alkyl halides is 3. The first-order valence-electron chi connectivity index (χ1n) is 12.8. The normalized spacial score (nSPS) is 18.1. The molecule has 2 aromatic rings. The molecular formula is C26H33F3N6O4. The number of piperazine rings is 1. The third kappa shape index (κ3) is 6.69. The lowest BCUT2D eigenvalue weighted by atomic mass is 10.0. The summed E-state index contributed by atoms with van der Waals surface area (Å²) < 4.78 is 52.1. The summed E-state index contributed by atoms with van der Waals surface area (Å²) in [6.45, 7) is 10.4. The summed E-state index contributed by atoms with van der Waals surface area (Å²) in [5.41, 5.74) is -1.13. The summed E-state index contributed by atoms with van der Waals surface area (Å²) in [7, 11) is 0. The molecule has 2 fully saturated rings. The molecule has 0 bridgehead atoms. The number of hydrogen-bond acceptors (Lipinski definition) is 8. The molecule has 0 unspecified atom stereocenters. The predicted molar refractivity (Wildman–Crippen MR) is 136 cm³/mol. The Hall–Kier alpha value is -3.64. The second-order valence-electron chi connectivity index (χ2n) is 10.7. The summed E-state index contributed by atoms with van der Waals surface area (Å²) in [6.07, 6.45) is -2.81. The molecule has 212 valence electrons. The van der Waals surface area contributed by atoms with Crippen molar-refractivity contribution in [1.82, 2.24) is 24.8 Å². The topological polar surface area (TPSA) is 101 Å². The average Bonchev–Trinajstić information content (AvgIpc) is 2.86. The molecule has 0 N–H and O–H groups in total. The van der Waals surface area contributed by atoms with Crippen molar-refractivity contribution in [3.8, 4) is 17.1 Å². The van der Waals surface area contributed by atoms with E-state index in [2.05, 4.69) is 15.0 Å². The summed E-state index contributed by atoms with van der Waals surface area (Å²) in [6, 6.07) is 3.11. The molecule has 13 heteroatoms. The van der Waals surface area contributed by atoms with Gasteiger partial charge in [-0.1, -0.05) is 0 Å². The van der Waals surface area contributed by atoms with E-state index in [9.17, 15) is 22.8 Å². The number of carbonyl (C=O) groups excluding carboxylic acids is 2. The Kier molecular flexibility index (Phi) is 7.89. The van der Waals surface area contributed by atoms with Crippen molar-refractivity contribution in [3.05, 3.63) is 29.6 Å². The van der Waals surface area contributed by atoms with Crippen molar-refractivity contribution in [2.45, 2.75) is 58.9 Å². The van der Waals surface area contributed by atoms with Crippen LogP contribution in [0.25, 0.3) is 11.3 Å². The molecule has 2 aromatic heterocycles. The van der Waals surface area contributed by atoms with Gasteiger partial charge in [-0.3, -0.25) is 4.79 Å². The molecular weight excluding hydrogens is 517 g/mol. The highest BCUT2D eigenvalue weighted by Crippen LogP contribution is 2.37. The van der Waals surface area contributed by atoms with Gasteiger partial charge in [-0.15, -0.1) is 0 Å². The minimum atomic E-state index is -4.63. The molecule has 39 heavy (non-hydrogen) atoms. The Morgan fingerprint density at radius 1 is 1.03 bits per heavy atom. The van der Waals surface area contributed by atoms with Gasteiger partial charge in [0, 0.05) is 62.2 Å². The molecule has 2 aliphatic heterocycles. The van der Waals surface area contributed by atoms with E-state index in [0.717, 1.165) is 6.42 Å². The van der Waals surface area contributed by atoms with Crippen LogP contribution in [0, 0.1) is 6.92 Å². The van der Waals surface area contributed by atoms with Crippen LogP contribution in [0.4, 0.5) is 23.9 Å². The number of halogens is 3. The molecule has 2 saturated heterocycles. The lowest BCUT2D eigenvalue weighted by Crippen LogP contribution is -2.52. The van der Waals surface area contributed by atoms with Crippen LogP contribution in [-0.4, -0.2) is 87.7 Å². The first-order chi connectivity index (χ1) is 18.2. The molecule has 4 rings (SSSR count). The van der Waals surface area contributed by atoms with E-state index < -0.39 is 23.6 Å². The zero-order chi connectivity index (χ0) is 28.5. The Balaban J connectivity index is 1.38. The maximum absolute atomic E-state index is 13.7. The minimum absolute atomic E-state index is 0.0411. The molecule has 1 atom stereocenters. The number of rotatable bonds is 5. The van der Waals surface area contributed by atoms with Crippen molar-refractivity contribution in [2.24, 2.45) is 0 Å². The number of hydrogen-bond donors (Lipinski definition) is 0. The molecule has 0 radical (unpaired) electrons. The van der Waals surface area contributed by atoms with Crippen molar-refractivity contribution >= 4 is 17.9 Å². The summed E-state index contributed by atoms with van der Waals surface area (Å²) >= 11 is 0. The second-order valence-corrected chi connectivity index (χ2v) is 10.7.